The van der Waals surface area contributed by atoms with Crippen molar-refractivity contribution in [2.45, 2.75) is 5.22 Å². The number of hydrogen-bond acceptors (Lipinski definition) is 7. The van der Waals surface area contributed by atoms with Crippen molar-refractivity contribution in [3.63, 3.8) is 0 Å². The summed E-state index contributed by atoms with van der Waals surface area (Å²) in [6, 6.07) is 12.4. The number of methoxy groups -OCH3 is 1. The Bertz CT molecular complexity index is 977. The zero-order chi connectivity index (χ0) is 20.6. The van der Waals surface area contributed by atoms with Crippen LogP contribution < -0.4 is 15.4 Å². The van der Waals surface area contributed by atoms with Crippen LogP contribution in [0.25, 0.3) is 11.5 Å². The lowest BCUT2D eigenvalue weighted by Gasteiger charge is -2.06. The number of carbonyl (C=O) groups is 2. The average Bonchev–Trinajstić information content (AvgIpc) is 3.21. The van der Waals surface area contributed by atoms with Gasteiger partial charge in [0.1, 0.15) is 11.6 Å². The van der Waals surface area contributed by atoms with Crippen molar-refractivity contribution < 1.29 is 23.1 Å². The van der Waals surface area contributed by atoms with Crippen molar-refractivity contribution in [1.29, 1.82) is 0 Å². The van der Waals surface area contributed by atoms with E-state index in [0.717, 1.165) is 17.3 Å². The number of halogens is 1. The molecule has 0 unspecified atom stereocenters. The van der Waals surface area contributed by atoms with Crippen LogP contribution in [0.15, 0.2) is 58.2 Å². The van der Waals surface area contributed by atoms with E-state index in [1.807, 2.05) is 0 Å². The van der Waals surface area contributed by atoms with Crippen molar-refractivity contribution in [3.8, 4) is 17.2 Å². The number of anilines is 1. The maximum absolute atomic E-state index is 12.8. The SMILES string of the molecule is COc1ccc(-c2nnc(SCC(=O)NCC(=O)Nc3ccc(F)cc3)o2)cc1. The number of rotatable bonds is 8. The molecule has 0 bridgehead atoms. The van der Waals surface area contributed by atoms with E-state index in [9.17, 15) is 14.0 Å². The molecule has 29 heavy (non-hydrogen) atoms. The smallest absolute Gasteiger partial charge is 0.277 e. The van der Waals surface area contributed by atoms with Crippen LogP contribution in [0.1, 0.15) is 0 Å². The standard InChI is InChI=1S/C19H17FN4O4S/c1-27-15-8-2-12(3-9-15)18-23-24-19(28-18)29-11-17(26)21-10-16(25)22-14-6-4-13(20)5-7-14/h2-9H,10-11H2,1H3,(H,21,26)(H,22,25). The van der Waals surface area contributed by atoms with Gasteiger partial charge in [-0.15, -0.1) is 10.2 Å². The van der Waals surface area contributed by atoms with E-state index < -0.39 is 11.7 Å². The Morgan fingerprint density at radius 2 is 1.79 bits per heavy atom. The van der Waals surface area contributed by atoms with Gasteiger partial charge in [-0.05, 0) is 48.5 Å². The molecule has 3 aromatic rings. The Morgan fingerprint density at radius 1 is 1.07 bits per heavy atom. The lowest BCUT2D eigenvalue weighted by molar-refractivity contribution is -0.122. The molecule has 10 heteroatoms. The maximum Gasteiger partial charge on any atom is 0.277 e. The third-order valence-electron chi connectivity index (χ3n) is 3.64. The summed E-state index contributed by atoms with van der Waals surface area (Å²) in [6.45, 7) is -0.211. The van der Waals surface area contributed by atoms with E-state index in [-0.39, 0.29) is 23.4 Å². The van der Waals surface area contributed by atoms with Gasteiger partial charge in [-0.2, -0.15) is 0 Å². The molecule has 0 spiro atoms. The second kappa shape index (κ2) is 9.69. The summed E-state index contributed by atoms with van der Waals surface area (Å²) in [5, 5.41) is 13.1. The quantitative estimate of drug-likeness (QED) is 0.544. The molecule has 0 saturated carbocycles. The van der Waals surface area contributed by atoms with Crippen LogP contribution in [-0.2, 0) is 9.59 Å². The normalized spacial score (nSPS) is 10.4. The fraction of sp³-hybridized carbons (Fsp3) is 0.158. The summed E-state index contributed by atoms with van der Waals surface area (Å²) in [4.78, 5) is 23.7. The molecule has 1 aromatic heterocycles. The van der Waals surface area contributed by atoms with Gasteiger partial charge in [0.15, 0.2) is 0 Å². The van der Waals surface area contributed by atoms with E-state index in [2.05, 4.69) is 20.8 Å². The van der Waals surface area contributed by atoms with Gasteiger partial charge in [-0.3, -0.25) is 9.59 Å². The lowest BCUT2D eigenvalue weighted by atomic mass is 10.2. The fourth-order valence-electron chi connectivity index (χ4n) is 2.21. The van der Waals surface area contributed by atoms with Gasteiger partial charge in [-0.25, -0.2) is 4.39 Å². The van der Waals surface area contributed by atoms with Gasteiger partial charge in [0.2, 0.25) is 17.7 Å². The number of thioether (sulfide) groups is 1. The van der Waals surface area contributed by atoms with E-state index in [1.165, 1.54) is 24.3 Å². The highest BCUT2D eigenvalue weighted by atomic mass is 32.2. The molecule has 2 N–H and O–H groups in total. The first-order valence-electron chi connectivity index (χ1n) is 8.46. The van der Waals surface area contributed by atoms with Gasteiger partial charge >= 0.3 is 0 Å². The monoisotopic (exact) mass is 416 g/mol. The second-order valence-corrected chi connectivity index (χ2v) is 6.65. The molecule has 0 aliphatic heterocycles. The number of ether oxygens (including phenoxy) is 1. The van der Waals surface area contributed by atoms with Crippen LogP contribution in [-0.4, -0.2) is 41.4 Å². The predicted octanol–water partition coefficient (Wildman–Crippen LogP) is 2.73. The van der Waals surface area contributed by atoms with Crippen LogP contribution in [0.5, 0.6) is 5.75 Å². The molecule has 0 aliphatic rings. The molecule has 2 amide bonds. The summed E-state index contributed by atoms with van der Waals surface area (Å²) >= 11 is 1.06. The molecule has 0 fully saturated rings. The summed E-state index contributed by atoms with van der Waals surface area (Å²) in [5.74, 6) is -0.140. The van der Waals surface area contributed by atoms with Crippen molar-refractivity contribution >= 4 is 29.3 Å². The van der Waals surface area contributed by atoms with Crippen molar-refractivity contribution in [2.75, 3.05) is 24.7 Å². The minimum absolute atomic E-state index is 0.00801. The van der Waals surface area contributed by atoms with E-state index in [4.69, 9.17) is 9.15 Å². The predicted molar refractivity (Wildman–Crippen MR) is 105 cm³/mol. The number of benzene rings is 2. The number of amides is 2. The van der Waals surface area contributed by atoms with E-state index in [0.29, 0.717) is 17.3 Å². The first-order chi connectivity index (χ1) is 14.0. The Labute approximate surface area is 169 Å². The minimum Gasteiger partial charge on any atom is -0.497 e. The second-order valence-electron chi connectivity index (χ2n) is 5.72. The third kappa shape index (κ3) is 6.04. The van der Waals surface area contributed by atoms with E-state index in [1.54, 1.807) is 31.4 Å². The Balaban J connectivity index is 1.42. The molecular weight excluding hydrogens is 399 g/mol. The molecule has 0 radical (unpaired) electrons. The molecule has 8 nitrogen and oxygen atoms in total. The molecular formula is C19H17FN4O4S. The van der Waals surface area contributed by atoms with Crippen LogP contribution in [0.4, 0.5) is 10.1 Å². The van der Waals surface area contributed by atoms with Gasteiger partial charge < -0.3 is 19.8 Å². The van der Waals surface area contributed by atoms with Crippen LogP contribution in [0.2, 0.25) is 0 Å². The Morgan fingerprint density at radius 3 is 2.48 bits per heavy atom. The topological polar surface area (TPSA) is 106 Å². The van der Waals surface area contributed by atoms with Gasteiger partial charge in [-0.1, -0.05) is 11.8 Å². The number of aromatic nitrogens is 2. The summed E-state index contributed by atoms with van der Waals surface area (Å²) in [6.07, 6.45) is 0. The summed E-state index contributed by atoms with van der Waals surface area (Å²) < 4.78 is 23.4. The molecule has 3 rings (SSSR count). The molecule has 1 heterocycles. The Hall–Kier alpha value is -3.40. The third-order valence-corrected chi connectivity index (χ3v) is 4.46. The molecule has 0 aliphatic carbocycles. The number of carbonyl (C=O) groups excluding carboxylic acids is 2. The summed E-state index contributed by atoms with van der Waals surface area (Å²) in [7, 11) is 1.58. The maximum atomic E-state index is 12.8. The molecule has 0 saturated heterocycles. The van der Waals surface area contributed by atoms with Crippen LogP contribution in [0, 0.1) is 5.82 Å². The summed E-state index contributed by atoms with van der Waals surface area (Å²) in [5.41, 5.74) is 1.17. The van der Waals surface area contributed by atoms with Crippen molar-refractivity contribution in [2.24, 2.45) is 0 Å². The van der Waals surface area contributed by atoms with Crippen LogP contribution in [0.3, 0.4) is 0 Å². The van der Waals surface area contributed by atoms with Crippen LogP contribution >= 0.6 is 11.8 Å². The van der Waals surface area contributed by atoms with Gasteiger partial charge in [0, 0.05) is 11.3 Å². The lowest BCUT2D eigenvalue weighted by Crippen LogP contribution is -2.33. The first kappa shape index (κ1) is 20.3. The Kier molecular flexibility index (Phi) is 6.80. The highest BCUT2D eigenvalue weighted by Crippen LogP contribution is 2.24. The van der Waals surface area contributed by atoms with Gasteiger partial charge in [0.05, 0.1) is 19.4 Å². The van der Waals surface area contributed by atoms with Crippen molar-refractivity contribution in [3.05, 3.63) is 54.3 Å². The first-order valence-corrected chi connectivity index (χ1v) is 9.45. The largest absolute Gasteiger partial charge is 0.497 e. The van der Waals surface area contributed by atoms with E-state index >= 15 is 0 Å². The number of nitrogens with one attached hydrogen (secondary N) is 2. The fourth-order valence-corrected chi connectivity index (χ4v) is 2.81. The average molecular weight is 416 g/mol. The molecule has 150 valence electrons. The van der Waals surface area contributed by atoms with Gasteiger partial charge in [0.25, 0.3) is 5.22 Å². The molecule has 2 aromatic carbocycles. The zero-order valence-corrected chi connectivity index (χ0v) is 16.2. The molecule has 0 atom stereocenters. The number of hydrogen-bond donors (Lipinski definition) is 2. The number of nitrogens with zero attached hydrogens (tertiary/aromatic N) is 2. The minimum atomic E-state index is -0.422. The zero-order valence-electron chi connectivity index (χ0n) is 15.3. The highest BCUT2D eigenvalue weighted by molar-refractivity contribution is 7.99. The van der Waals surface area contributed by atoms with Crippen molar-refractivity contribution in [1.82, 2.24) is 15.5 Å². The highest BCUT2D eigenvalue weighted by Gasteiger charge is 2.12.